The highest BCUT2D eigenvalue weighted by Gasteiger charge is 2.55. The number of amides is 5. The number of nitrogens with one attached hydrogen (secondary N) is 5. The van der Waals surface area contributed by atoms with E-state index in [0.717, 1.165) is 0 Å². The molecule has 28 N–H and O–H groups in total. The minimum Gasteiger partial charge on any atom is -0.445 e. The number of alkyl carbamates (subject to hydrolysis) is 1. The van der Waals surface area contributed by atoms with E-state index < -0.39 is 265 Å². The highest BCUT2D eigenvalue weighted by Crippen LogP contribution is 2.35. The van der Waals surface area contributed by atoms with E-state index in [1.165, 1.54) is 17.3 Å². The number of nitrogen functional groups attached to an aromatic ring is 1. The minimum atomic E-state index is -1.84. The number of nitrogens with two attached hydrogens (primary N) is 1. The number of aryl methyl sites for hydroxylation is 1. The summed E-state index contributed by atoms with van der Waals surface area (Å²) >= 11 is 0. The lowest BCUT2D eigenvalue weighted by molar-refractivity contribution is -0.359. The topological polar surface area (TPSA) is 818 Å². The van der Waals surface area contributed by atoms with Crippen LogP contribution in [0.1, 0.15) is 122 Å². The first-order valence-electron chi connectivity index (χ1n) is 46.5. The molecule has 0 bridgehead atoms. The van der Waals surface area contributed by atoms with Gasteiger partial charge in [-0.1, -0.05) is 43.7 Å². The molecular formula is C83H141N13O42. The second kappa shape index (κ2) is 58.8. The van der Waals surface area contributed by atoms with Crippen molar-refractivity contribution in [3.8, 4) is 0 Å². The molecule has 0 radical (unpaired) electrons. The fourth-order valence-corrected chi connectivity index (χ4v) is 15.9. The van der Waals surface area contributed by atoms with E-state index in [1.807, 2.05) is 0 Å². The predicted molar refractivity (Wildman–Crippen MR) is 460 cm³/mol. The zero-order valence-electron chi connectivity index (χ0n) is 76.7. The molecule has 55 nitrogen and oxygen atoms in total. The van der Waals surface area contributed by atoms with Crippen LogP contribution in [0.2, 0.25) is 0 Å². The summed E-state index contributed by atoms with van der Waals surface area (Å²) in [5, 5.41) is 240. The van der Waals surface area contributed by atoms with Crippen LogP contribution in [0, 0.1) is 0 Å². The number of rotatable bonds is 61. The van der Waals surface area contributed by atoms with Crippen LogP contribution in [-0.4, -0.2) is 486 Å². The SMILES string of the molecule is C[C@H](Cn1cnc2c(N)ncnc21)OC(=O)NCc1cn(CCCC(=O)NC(COCCC(=O)NCCCCCCO[C@@H]2OC(CO)[C@@H](O[C@@H]3OC(CO)[C@H](O)[C@H](O)C3O)[C@H](O)C2O)(COCCC(=O)NCCCCCCO[C@@H]2OC(CO)[C@@H](O[C@@H]3OC(CO)[C@H](O)[C@H](O)C3O)[C@H](O)C2O)COCCC(=O)NCCCCCCO[C@@H]2OC(CO)[C@@H](O[C@@H]3OC(CO)[C@H](O)[C@H](O)C3O)[C@H](O)C2O)nn1. The first-order valence-corrected chi connectivity index (χ1v) is 46.5. The van der Waals surface area contributed by atoms with Crippen molar-refractivity contribution in [2.75, 3.05) is 124 Å². The lowest BCUT2D eigenvalue weighted by Crippen LogP contribution is -2.64. The van der Waals surface area contributed by atoms with Crippen LogP contribution in [0.25, 0.3) is 11.2 Å². The average molecular weight is 1990 g/mol. The van der Waals surface area contributed by atoms with Gasteiger partial charge in [-0.2, -0.15) is 0 Å². The third-order valence-corrected chi connectivity index (χ3v) is 23.8. The lowest BCUT2D eigenvalue weighted by atomic mass is 9.97. The van der Waals surface area contributed by atoms with Gasteiger partial charge < -0.3 is 220 Å². The van der Waals surface area contributed by atoms with Crippen molar-refractivity contribution in [1.29, 1.82) is 0 Å². The van der Waals surface area contributed by atoms with Crippen molar-refractivity contribution in [2.45, 2.75) is 332 Å². The van der Waals surface area contributed by atoms with E-state index in [0.29, 0.717) is 93.9 Å². The van der Waals surface area contributed by atoms with Crippen LogP contribution >= 0.6 is 0 Å². The average Bonchev–Trinajstić information content (AvgIpc) is 1.03. The highest BCUT2D eigenvalue weighted by atomic mass is 16.8. The van der Waals surface area contributed by atoms with Crippen molar-refractivity contribution in [2.24, 2.45) is 0 Å². The molecule has 6 aliphatic heterocycles. The Morgan fingerprint density at radius 1 is 0.413 bits per heavy atom. The van der Waals surface area contributed by atoms with E-state index in [1.54, 1.807) is 17.7 Å². The molecule has 12 unspecified atom stereocenters. The molecule has 3 aromatic heterocycles. The van der Waals surface area contributed by atoms with Crippen LogP contribution in [0.15, 0.2) is 18.9 Å². The Hall–Kier alpha value is -6.80. The molecule has 0 spiro atoms. The largest absolute Gasteiger partial charge is 0.445 e. The second-order valence-electron chi connectivity index (χ2n) is 34.6. The minimum absolute atomic E-state index is 0.0274. The van der Waals surface area contributed by atoms with Gasteiger partial charge in [0, 0.05) is 71.7 Å². The normalized spacial score (nSPS) is 32.5. The number of aliphatic hydroxyl groups excluding tert-OH is 21. The number of anilines is 1. The first-order chi connectivity index (χ1) is 66.3. The number of hydrogen-bond acceptors (Lipinski definition) is 48. The maximum Gasteiger partial charge on any atom is 0.407 e. The van der Waals surface area contributed by atoms with Gasteiger partial charge in [-0.25, -0.2) is 19.7 Å². The summed E-state index contributed by atoms with van der Waals surface area (Å²) in [6.45, 7) is -3.27. The van der Waals surface area contributed by atoms with Crippen molar-refractivity contribution >= 4 is 46.7 Å². The van der Waals surface area contributed by atoms with E-state index in [4.69, 9.17) is 81.5 Å². The molecule has 0 saturated carbocycles. The quantitative estimate of drug-likeness (QED) is 0.0233. The maximum absolute atomic E-state index is 14.3. The predicted octanol–water partition coefficient (Wildman–Crippen LogP) is -11.9. The van der Waals surface area contributed by atoms with Crippen LogP contribution in [-0.2, 0) is 115 Å². The Balaban J connectivity index is 0.752. The number of hydrogen-bond donors (Lipinski definition) is 27. The number of fused-ring (bicyclic) bond motifs is 1. The monoisotopic (exact) mass is 1990 g/mol. The summed E-state index contributed by atoms with van der Waals surface area (Å²) in [6, 6.07) is 0. The van der Waals surface area contributed by atoms with Gasteiger partial charge in [0.25, 0.3) is 0 Å². The van der Waals surface area contributed by atoms with E-state index in [2.05, 4.69) is 51.8 Å². The standard InChI is InChI=1S/C83H141N13O42/c1-43(30-95-42-91-55-74(84)89-41-90-75(55)95)129-82(122)88-29-44-31-96(94-93-44)22-14-15-54(106)92-83(38-123-26-16-51(103)85-19-8-2-5-11-23-126-76-68(119)62(113)71(48(35-100)133-76)136-79-65(116)59(110)56(107)45(32-97)130-79,39-124-27-17-52(104)86-20-9-3-6-12-24-127-77-69(120)63(114)72(49(36-101)134-77)137-80-66(117)60(111)57(108)46(33-98)131-80)40-125-28-18-53(105)87-21-10-4-7-13-25-128-78-70(121)64(115)73(50(37-102)135-78)138-81-67(118)61(112)58(109)47(34-99)132-81/h31,41-43,45-50,56-73,76-81,97-102,107-121H,2-30,32-40H2,1H3,(H,85,103)(H,86,104)(H,87,105)(H,88,122)(H,92,106)(H2,84,89,90)/t43-,45?,46?,47?,48?,49?,50?,56+,57+,58+,59+,60+,61+,62-,63-,64-,65?,66?,67?,68?,69?,70?,71-,72-,73-,76-,77-,78-,79+,80+,81+,83?/m1/s1. The van der Waals surface area contributed by atoms with Gasteiger partial charge in [-0.15, -0.1) is 5.10 Å². The molecule has 5 amide bonds. The number of aromatic nitrogens is 7. The van der Waals surface area contributed by atoms with Crippen LogP contribution in [0.4, 0.5) is 10.6 Å². The Labute approximate surface area is 792 Å². The summed E-state index contributed by atoms with van der Waals surface area (Å²) in [7, 11) is 0. The molecule has 55 heteroatoms. The van der Waals surface area contributed by atoms with Crippen molar-refractivity contribution in [1.82, 2.24) is 61.1 Å². The van der Waals surface area contributed by atoms with E-state index >= 15 is 0 Å². The molecule has 9 rings (SSSR count). The number of carbonyl (C=O) groups excluding carboxylic acids is 5. The van der Waals surface area contributed by atoms with Crippen LogP contribution in [0.5, 0.6) is 0 Å². The zero-order chi connectivity index (χ0) is 100. The Bertz CT molecular complexity index is 3750. The smallest absolute Gasteiger partial charge is 0.407 e. The Morgan fingerprint density at radius 3 is 1.15 bits per heavy atom. The Kier molecular flexibility index (Phi) is 48.9. The maximum atomic E-state index is 14.3. The van der Waals surface area contributed by atoms with Crippen LogP contribution in [0.3, 0.4) is 0 Å². The second-order valence-corrected chi connectivity index (χ2v) is 34.6. The summed E-state index contributed by atoms with van der Waals surface area (Å²) in [4.78, 5) is 79.5. The summed E-state index contributed by atoms with van der Waals surface area (Å²) in [5.41, 5.74) is 5.59. The highest BCUT2D eigenvalue weighted by molar-refractivity contribution is 5.81. The van der Waals surface area contributed by atoms with E-state index in [-0.39, 0.29) is 137 Å². The molecule has 31 atom stereocenters. The van der Waals surface area contributed by atoms with Gasteiger partial charge in [-0.05, 0) is 51.9 Å². The van der Waals surface area contributed by atoms with Gasteiger partial charge in [-0.3, -0.25) is 23.9 Å². The van der Waals surface area contributed by atoms with Gasteiger partial charge >= 0.3 is 6.09 Å². The molecule has 0 aliphatic carbocycles. The number of ether oxygens (including phenoxy) is 16. The van der Waals surface area contributed by atoms with Gasteiger partial charge in [0.15, 0.2) is 49.2 Å². The van der Waals surface area contributed by atoms with Crippen molar-refractivity contribution in [3.05, 3.63) is 24.5 Å². The molecule has 9 heterocycles. The molecule has 790 valence electrons. The molecule has 3 aromatic rings. The molecule has 0 aromatic carbocycles. The molecule has 138 heavy (non-hydrogen) atoms. The number of nitrogens with zero attached hydrogens (tertiary/aromatic N) is 7. The molecule has 6 aliphatic rings. The lowest BCUT2D eigenvalue weighted by Gasteiger charge is -2.45. The van der Waals surface area contributed by atoms with Crippen molar-refractivity contribution < 1.29 is 207 Å². The summed E-state index contributed by atoms with van der Waals surface area (Å²) in [5.74, 6) is -1.51. The Morgan fingerprint density at radius 2 is 0.775 bits per heavy atom. The number of carbonyl (C=O) groups is 5. The fraction of sp³-hybridized carbons (Fsp3) is 0.855. The fourth-order valence-electron chi connectivity index (χ4n) is 15.9. The van der Waals surface area contributed by atoms with Crippen LogP contribution < -0.4 is 32.3 Å². The summed E-state index contributed by atoms with van der Waals surface area (Å²) in [6.07, 6.45) is -39.5. The van der Waals surface area contributed by atoms with Crippen molar-refractivity contribution in [3.63, 3.8) is 0 Å². The van der Waals surface area contributed by atoms with Gasteiger partial charge in [0.2, 0.25) is 23.6 Å². The first kappa shape index (κ1) is 115. The third kappa shape index (κ3) is 33.9. The van der Waals surface area contributed by atoms with E-state index in [9.17, 15) is 131 Å². The summed E-state index contributed by atoms with van der Waals surface area (Å²) < 4.78 is 94.3. The number of imidazole rings is 1. The molecule has 6 fully saturated rings. The number of aliphatic hydroxyl groups is 21. The zero-order valence-corrected chi connectivity index (χ0v) is 76.7. The molecular weight excluding hydrogens is 1850 g/mol. The van der Waals surface area contributed by atoms with Gasteiger partial charge in [0.1, 0.15) is 176 Å². The third-order valence-electron chi connectivity index (χ3n) is 23.8. The molecule has 6 saturated heterocycles. The number of unbranched alkanes of at least 4 members (excludes halogenated alkanes) is 9. The van der Waals surface area contributed by atoms with Gasteiger partial charge in [0.05, 0.1) is 105 Å².